The number of benzene rings is 2. The van der Waals surface area contributed by atoms with Crippen LogP contribution in [0.25, 0.3) is 0 Å². The van der Waals surface area contributed by atoms with Crippen LogP contribution in [0.4, 0.5) is 11.4 Å². The first-order chi connectivity index (χ1) is 15.8. The van der Waals surface area contributed by atoms with Gasteiger partial charge in [0, 0.05) is 30.4 Å². The van der Waals surface area contributed by atoms with Gasteiger partial charge in [-0.05, 0) is 61.7 Å². The Morgan fingerprint density at radius 1 is 1.06 bits per heavy atom. The molecule has 2 aromatic rings. The van der Waals surface area contributed by atoms with Gasteiger partial charge < -0.3 is 15.0 Å². The van der Waals surface area contributed by atoms with Gasteiger partial charge >= 0.3 is 0 Å². The zero-order valence-electron chi connectivity index (χ0n) is 18.8. The van der Waals surface area contributed by atoms with E-state index >= 15 is 0 Å². The third kappa shape index (κ3) is 5.13. The minimum Gasteiger partial charge on any atom is -0.497 e. The normalized spacial score (nSPS) is 19.0. The number of amides is 2. The molecule has 4 rings (SSSR count). The molecule has 33 heavy (non-hydrogen) atoms. The lowest BCUT2D eigenvalue weighted by Gasteiger charge is -2.23. The highest BCUT2D eigenvalue weighted by Crippen LogP contribution is 2.30. The lowest BCUT2D eigenvalue weighted by Crippen LogP contribution is -2.35. The van der Waals surface area contributed by atoms with Crippen molar-refractivity contribution in [3.63, 3.8) is 0 Å². The fraction of sp³-hybridized carbons (Fsp3) is 0.417. The topological polar surface area (TPSA) is 105 Å². The number of carbonyl (C=O) groups is 2. The Morgan fingerprint density at radius 2 is 1.73 bits per heavy atom. The monoisotopic (exact) mass is 471 g/mol. The first-order valence-electron chi connectivity index (χ1n) is 11.1. The van der Waals surface area contributed by atoms with Gasteiger partial charge in [0.1, 0.15) is 5.75 Å². The summed E-state index contributed by atoms with van der Waals surface area (Å²) in [5, 5.41) is 2.81. The van der Waals surface area contributed by atoms with E-state index in [-0.39, 0.29) is 29.2 Å². The SMILES string of the molecule is COc1ccc(NS(=O)(=O)c2cc(NC(=O)C3CC(=O)N(C4CCCC4)C3)ccc2C)cc1. The molecule has 2 aromatic carbocycles. The predicted octanol–water partition coefficient (Wildman–Crippen LogP) is 3.53. The van der Waals surface area contributed by atoms with E-state index in [9.17, 15) is 18.0 Å². The molecular formula is C24H29N3O5S. The van der Waals surface area contributed by atoms with E-state index in [0.29, 0.717) is 29.2 Å². The van der Waals surface area contributed by atoms with Crippen molar-refractivity contribution >= 4 is 33.2 Å². The van der Waals surface area contributed by atoms with Crippen LogP contribution >= 0.6 is 0 Å². The maximum Gasteiger partial charge on any atom is 0.262 e. The first-order valence-corrected chi connectivity index (χ1v) is 12.6. The maximum atomic E-state index is 13.0. The van der Waals surface area contributed by atoms with E-state index in [1.54, 1.807) is 43.3 Å². The summed E-state index contributed by atoms with van der Waals surface area (Å²) in [7, 11) is -2.34. The Bertz CT molecular complexity index is 1140. The molecular weight excluding hydrogens is 442 g/mol. The molecule has 8 nitrogen and oxygen atoms in total. The van der Waals surface area contributed by atoms with Gasteiger partial charge in [-0.1, -0.05) is 18.9 Å². The van der Waals surface area contributed by atoms with Gasteiger partial charge in [-0.3, -0.25) is 14.3 Å². The Morgan fingerprint density at radius 3 is 2.39 bits per heavy atom. The summed E-state index contributed by atoms with van der Waals surface area (Å²) in [6.07, 6.45) is 4.44. The molecule has 1 unspecified atom stereocenters. The summed E-state index contributed by atoms with van der Waals surface area (Å²) in [4.78, 5) is 27.2. The molecule has 1 heterocycles. The van der Waals surface area contributed by atoms with Crippen molar-refractivity contribution in [1.29, 1.82) is 0 Å². The van der Waals surface area contributed by atoms with Crippen molar-refractivity contribution in [2.24, 2.45) is 5.92 Å². The van der Waals surface area contributed by atoms with Crippen LogP contribution in [-0.2, 0) is 19.6 Å². The molecule has 2 aliphatic rings. The maximum absolute atomic E-state index is 13.0. The number of likely N-dealkylation sites (tertiary alicyclic amines) is 1. The fourth-order valence-corrected chi connectivity index (χ4v) is 5.89. The Kier molecular flexibility index (Phi) is 6.60. The van der Waals surface area contributed by atoms with E-state index in [0.717, 1.165) is 25.7 Å². The third-order valence-electron chi connectivity index (χ3n) is 6.38. The number of hydrogen-bond acceptors (Lipinski definition) is 5. The molecule has 2 N–H and O–H groups in total. The van der Waals surface area contributed by atoms with Crippen LogP contribution in [0.1, 0.15) is 37.7 Å². The van der Waals surface area contributed by atoms with Crippen LogP contribution in [0.15, 0.2) is 47.4 Å². The smallest absolute Gasteiger partial charge is 0.262 e. The summed E-state index contributed by atoms with van der Waals surface area (Å²) in [5.41, 5.74) is 1.34. The van der Waals surface area contributed by atoms with Gasteiger partial charge in [0.25, 0.3) is 10.0 Å². The van der Waals surface area contributed by atoms with E-state index in [4.69, 9.17) is 4.74 Å². The Labute approximate surface area is 194 Å². The second kappa shape index (κ2) is 9.43. The number of anilines is 2. The summed E-state index contributed by atoms with van der Waals surface area (Å²) < 4.78 is 33.7. The van der Waals surface area contributed by atoms with E-state index in [2.05, 4.69) is 10.0 Å². The van der Waals surface area contributed by atoms with Gasteiger partial charge in [0.15, 0.2) is 0 Å². The predicted molar refractivity (Wildman–Crippen MR) is 126 cm³/mol. The molecule has 1 atom stereocenters. The van der Waals surface area contributed by atoms with E-state index < -0.39 is 15.9 Å². The quantitative estimate of drug-likeness (QED) is 0.643. The molecule has 2 amide bonds. The fourth-order valence-electron chi connectivity index (χ4n) is 4.56. The molecule has 0 bridgehead atoms. The summed E-state index contributed by atoms with van der Waals surface area (Å²) in [6, 6.07) is 11.6. The Balaban J connectivity index is 1.46. The molecule has 1 saturated heterocycles. The molecule has 0 spiro atoms. The molecule has 2 fully saturated rings. The highest BCUT2D eigenvalue weighted by atomic mass is 32.2. The van der Waals surface area contributed by atoms with Crippen LogP contribution in [0.5, 0.6) is 5.75 Å². The van der Waals surface area contributed by atoms with Crippen LogP contribution in [0, 0.1) is 12.8 Å². The third-order valence-corrected chi connectivity index (χ3v) is 7.91. The number of aryl methyl sites for hydroxylation is 1. The zero-order valence-corrected chi connectivity index (χ0v) is 19.7. The summed E-state index contributed by atoms with van der Waals surface area (Å²) in [6.45, 7) is 2.12. The van der Waals surface area contributed by atoms with Crippen LogP contribution in [0.2, 0.25) is 0 Å². The average Bonchev–Trinajstić information content (AvgIpc) is 3.45. The summed E-state index contributed by atoms with van der Waals surface area (Å²) in [5.74, 6) is -0.0512. The van der Waals surface area contributed by atoms with Gasteiger partial charge in [-0.2, -0.15) is 0 Å². The van der Waals surface area contributed by atoms with Crippen LogP contribution in [-0.4, -0.2) is 44.8 Å². The second-order valence-electron chi connectivity index (χ2n) is 8.69. The summed E-state index contributed by atoms with van der Waals surface area (Å²) >= 11 is 0. The number of rotatable bonds is 7. The minimum absolute atomic E-state index is 0.0258. The molecule has 0 aromatic heterocycles. The van der Waals surface area contributed by atoms with Crippen molar-refractivity contribution in [2.45, 2.75) is 50.0 Å². The number of sulfonamides is 1. The highest BCUT2D eigenvalue weighted by molar-refractivity contribution is 7.92. The highest BCUT2D eigenvalue weighted by Gasteiger charge is 2.38. The standard InChI is InChI=1S/C24H29N3O5S/c1-16-7-8-19(14-22(16)33(30,31)26-18-9-11-21(32-2)12-10-18)25-24(29)17-13-23(28)27(15-17)20-5-3-4-6-20/h7-12,14,17,20,26H,3-6,13,15H2,1-2H3,(H,25,29). The molecule has 1 saturated carbocycles. The molecule has 0 radical (unpaired) electrons. The average molecular weight is 472 g/mol. The number of carbonyl (C=O) groups excluding carboxylic acids is 2. The molecule has 9 heteroatoms. The lowest BCUT2D eigenvalue weighted by molar-refractivity contribution is -0.129. The van der Waals surface area contributed by atoms with E-state index in [1.165, 1.54) is 13.2 Å². The minimum atomic E-state index is -3.87. The van der Waals surface area contributed by atoms with Gasteiger partial charge in [-0.15, -0.1) is 0 Å². The van der Waals surface area contributed by atoms with Crippen molar-refractivity contribution < 1.29 is 22.7 Å². The zero-order chi connectivity index (χ0) is 23.6. The lowest BCUT2D eigenvalue weighted by atomic mass is 10.1. The van der Waals surface area contributed by atoms with Crippen molar-refractivity contribution in [2.75, 3.05) is 23.7 Å². The van der Waals surface area contributed by atoms with E-state index in [1.807, 2.05) is 4.90 Å². The van der Waals surface area contributed by atoms with Gasteiger partial charge in [0.05, 0.1) is 17.9 Å². The number of ether oxygens (including phenoxy) is 1. The van der Waals surface area contributed by atoms with Crippen molar-refractivity contribution in [3.05, 3.63) is 48.0 Å². The van der Waals surface area contributed by atoms with Gasteiger partial charge in [-0.25, -0.2) is 8.42 Å². The Hall–Kier alpha value is -3.07. The van der Waals surface area contributed by atoms with Crippen LogP contribution in [0.3, 0.4) is 0 Å². The number of nitrogens with zero attached hydrogens (tertiary/aromatic N) is 1. The number of hydrogen-bond donors (Lipinski definition) is 2. The number of methoxy groups -OCH3 is 1. The largest absolute Gasteiger partial charge is 0.497 e. The molecule has 1 aliphatic carbocycles. The molecule has 176 valence electrons. The van der Waals surface area contributed by atoms with Crippen LogP contribution < -0.4 is 14.8 Å². The molecule has 1 aliphatic heterocycles. The van der Waals surface area contributed by atoms with Crippen molar-refractivity contribution in [1.82, 2.24) is 4.90 Å². The van der Waals surface area contributed by atoms with Gasteiger partial charge in [0.2, 0.25) is 11.8 Å². The second-order valence-corrected chi connectivity index (χ2v) is 10.3. The van der Waals surface area contributed by atoms with Crippen molar-refractivity contribution in [3.8, 4) is 5.75 Å². The number of nitrogens with one attached hydrogen (secondary N) is 2. The first kappa shape index (κ1) is 23.1.